The number of Topliss-reactive ketones (excluding diaryl/α,β-unsaturated/α-hetero) is 1. The molecule has 0 radical (unpaired) electrons. The highest BCUT2D eigenvalue weighted by Crippen LogP contribution is 2.67. The van der Waals surface area contributed by atoms with E-state index in [2.05, 4.69) is 25.9 Å². The van der Waals surface area contributed by atoms with Gasteiger partial charge in [0, 0.05) is 11.8 Å². The maximum absolute atomic E-state index is 12.2. The zero-order valence-electron chi connectivity index (χ0n) is 16.2. The molecule has 2 heteroatoms. The lowest BCUT2D eigenvalue weighted by Gasteiger charge is -2.61. The molecule has 0 aromatic carbocycles. The second-order valence-corrected chi connectivity index (χ2v) is 10.2. The van der Waals surface area contributed by atoms with E-state index in [-0.39, 0.29) is 5.41 Å². The van der Waals surface area contributed by atoms with Crippen LogP contribution in [0.3, 0.4) is 0 Å². The molecule has 0 saturated heterocycles. The van der Waals surface area contributed by atoms with E-state index in [0.29, 0.717) is 23.0 Å². The Kier molecular flexibility index (Phi) is 4.21. The minimum Gasteiger partial charge on any atom is -0.462 e. The van der Waals surface area contributed by atoms with Gasteiger partial charge in [-0.25, -0.2) is 0 Å². The fourth-order valence-electron chi connectivity index (χ4n) is 8.15. The maximum atomic E-state index is 12.2. The van der Waals surface area contributed by atoms with Crippen molar-refractivity contribution in [1.82, 2.24) is 0 Å². The molecule has 25 heavy (non-hydrogen) atoms. The molecular formula is C23H34O2. The van der Waals surface area contributed by atoms with Gasteiger partial charge in [-0.2, -0.15) is 0 Å². The van der Waals surface area contributed by atoms with Gasteiger partial charge >= 0.3 is 0 Å². The van der Waals surface area contributed by atoms with Gasteiger partial charge in [-0.15, -0.1) is 0 Å². The zero-order valence-corrected chi connectivity index (χ0v) is 16.2. The van der Waals surface area contributed by atoms with E-state index in [9.17, 15) is 4.79 Å². The Hall–Kier alpha value is -0.970. The standard InChI is InChI=1S/C23H34O2/c1-15(25)19-6-7-20-18-5-4-17-14-16(10-13-24)8-11-22(17,2)21(18)9-12-23(19,20)3/h16-21,24H,4-9,11-12,14H2,1-3H3/t16?,17?,18-,19+,20-,21-,22-,23+/m0/s1. The van der Waals surface area contributed by atoms with Crippen LogP contribution >= 0.6 is 0 Å². The van der Waals surface area contributed by atoms with Crippen molar-refractivity contribution in [3.8, 4) is 12.0 Å². The Labute approximate surface area is 153 Å². The molecule has 4 aliphatic rings. The number of fused-ring (bicyclic) bond motifs is 5. The predicted octanol–water partition coefficient (Wildman–Crippen LogP) is 5.18. The highest BCUT2D eigenvalue weighted by molar-refractivity contribution is 5.79. The lowest BCUT2D eigenvalue weighted by atomic mass is 9.44. The average Bonchev–Trinajstić information content (AvgIpc) is 2.93. The molecule has 0 amide bonds. The summed E-state index contributed by atoms with van der Waals surface area (Å²) in [6.07, 6.45) is 13.5. The Morgan fingerprint density at radius 2 is 1.68 bits per heavy atom. The highest BCUT2D eigenvalue weighted by atomic mass is 16.2. The molecule has 2 unspecified atom stereocenters. The van der Waals surface area contributed by atoms with E-state index >= 15 is 0 Å². The van der Waals surface area contributed by atoms with Crippen molar-refractivity contribution in [3.63, 3.8) is 0 Å². The Morgan fingerprint density at radius 1 is 0.960 bits per heavy atom. The SMILES string of the molecule is CC(=O)[C@H]1CC[C@H]2[C@@H]3CCC4CC(C#CO)CC[C@]4(C)[C@H]3CC[C@]12C. The Balaban J connectivity index is 1.58. The van der Waals surface area contributed by atoms with E-state index in [4.69, 9.17) is 5.11 Å². The molecule has 8 atom stereocenters. The van der Waals surface area contributed by atoms with Crippen LogP contribution in [0.2, 0.25) is 0 Å². The zero-order chi connectivity index (χ0) is 17.8. The highest BCUT2D eigenvalue weighted by Gasteiger charge is 2.60. The van der Waals surface area contributed by atoms with Crippen molar-refractivity contribution in [3.05, 3.63) is 0 Å². The van der Waals surface area contributed by atoms with E-state index in [1.165, 1.54) is 44.9 Å². The van der Waals surface area contributed by atoms with Crippen molar-refractivity contribution < 1.29 is 9.90 Å². The molecule has 4 fully saturated rings. The second kappa shape index (κ2) is 6.04. The lowest BCUT2D eigenvalue weighted by molar-refractivity contribution is -0.134. The van der Waals surface area contributed by atoms with Gasteiger partial charge in [0.15, 0.2) is 0 Å². The molecule has 0 spiro atoms. The fourth-order valence-corrected chi connectivity index (χ4v) is 8.15. The molecule has 138 valence electrons. The number of hydrogen-bond acceptors (Lipinski definition) is 2. The number of carbonyl (C=O) groups is 1. The second-order valence-electron chi connectivity index (χ2n) is 10.2. The molecule has 4 rings (SSSR count). The van der Waals surface area contributed by atoms with E-state index < -0.39 is 0 Å². The van der Waals surface area contributed by atoms with Gasteiger partial charge in [0.05, 0.1) is 0 Å². The molecule has 0 aromatic heterocycles. The van der Waals surface area contributed by atoms with Gasteiger partial charge in [-0.1, -0.05) is 19.8 Å². The number of aliphatic hydroxyl groups excluding tert-OH is 1. The summed E-state index contributed by atoms with van der Waals surface area (Å²) in [4.78, 5) is 12.2. The van der Waals surface area contributed by atoms with Crippen LogP contribution in [0.5, 0.6) is 0 Å². The van der Waals surface area contributed by atoms with E-state index in [1.54, 1.807) is 0 Å². The third-order valence-electron chi connectivity index (χ3n) is 9.43. The van der Waals surface area contributed by atoms with Crippen LogP contribution in [0.1, 0.15) is 78.6 Å². The van der Waals surface area contributed by atoms with Gasteiger partial charge in [0.1, 0.15) is 11.9 Å². The van der Waals surface area contributed by atoms with Crippen molar-refractivity contribution in [2.45, 2.75) is 78.6 Å². The van der Waals surface area contributed by atoms with Gasteiger partial charge in [0.25, 0.3) is 0 Å². The first-order valence-electron chi connectivity index (χ1n) is 10.5. The van der Waals surface area contributed by atoms with E-state index in [0.717, 1.165) is 36.5 Å². The Bertz CT molecular complexity index is 613. The minimum atomic E-state index is 0.274. The molecule has 1 N–H and O–H groups in total. The van der Waals surface area contributed by atoms with Crippen LogP contribution in [0.4, 0.5) is 0 Å². The first kappa shape index (κ1) is 17.4. The minimum absolute atomic E-state index is 0.274. The molecular weight excluding hydrogens is 308 g/mol. The van der Waals surface area contributed by atoms with Crippen LogP contribution in [0.25, 0.3) is 0 Å². The number of ketones is 1. The largest absolute Gasteiger partial charge is 0.462 e. The molecule has 4 aliphatic carbocycles. The summed E-state index contributed by atoms with van der Waals surface area (Å²) in [5.41, 5.74) is 0.738. The third kappa shape index (κ3) is 2.48. The lowest BCUT2D eigenvalue weighted by Crippen LogP contribution is -2.53. The topological polar surface area (TPSA) is 37.3 Å². The smallest absolute Gasteiger partial charge is 0.133 e. The van der Waals surface area contributed by atoms with Crippen molar-refractivity contribution in [2.75, 3.05) is 0 Å². The van der Waals surface area contributed by atoms with Crippen molar-refractivity contribution in [1.29, 1.82) is 0 Å². The Morgan fingerprint density at radius 3 is 2.40 bits per heavy atom. The molecule has 0 bridgehead atoms. The van der Waals surface area contributed by atoms with Crippen LogP contribution in [0, 0.1) is 58.4 Å². The van der Waals surface area contributed by atoms with Crippen LogP contribution in [-0.4, -0.2) is 10.9 Å². The van der Waals surface area contributed by atoms with Gasteiger partial charge in [-0.3, -0.25) is 4.79 Å². The summed E-state index contributed by atoms with van der Waals surface area (Å²) in [6.45, 7) is 6.83. The molecule has 0 heterocycles. The molecule has 0 aliphatic heterocycles. The summed E-state index contributed by atoms with van der Waals surface area (Å²) >= 11 is 0. The molecule has 2 nitrogen and oxygen atoms in total. The monoisotopic (exact) mass is 342 g/mol. The average molecular weight is 343 g/mol. The fraction of sp³-hybridized carbons (Fsp3) is 0.870. The summed E-state index contributed by atoms with van der Waals surface area (Å²) in [5, 5.41) is 8.98. The number of aliphatic hydroxyl groups is 1. The van der Waals surface area contributed by atoms with Crippen molar-refractivity contribution in [2.24, 2.45) is 46.3 Å². The van der Waals surface area contributed by atoms with Gasteiger partial charge < -0.3 is 5.11 Å². The number of hydrogen-bond donors (Lipinski definition) is 1. The summed E-state index contributed by atoms with van der Waals surface area (Å²) < 4.78 is 0. The normalized spacial score (nSPS) is 51.5. The van der Waals surface area contributed by atoms with Crippen LogP contribution in [-0.2, 0) is 4.79 Å². The first-order valence-corrected chi connectivity index (χ1v) is 10.5. The summed E-state index contributed by atoms with van der Waals surface area (Å²) in [5.74, 6) is 7.43. The number of rotatable bonds is 1. The molecule has 4 saturated carbocycles. The van der Waals surface area contributed by atoms with Crippen LogP contribution < -0.4 is 0 Å². The van der Waals surface area contributed by atoms with E-state index in [1.807, 2.05) is 6.92 Å². The summed E-state index contributed by atoms with van der Waals surface area (Å²) in [7, 11) is 0. The quantitative estimate of drug-likeness (QED) is 0.666. The maximum Gasteiger partial charge on any atom is 0.133 e. The first-order chi connectivity index (χ1) is 11.9. The molecule has 0 aromatic rings. The predicted molar refractivity (Wildman–Crippen MR) is 99.1 cm³/mol. The summed E-state index contributed by atoms with van der Waals surface area (Å²) in [6, 6.07) is 0. The van der Waals surface area contributed by atoms with Crippen molar-refractivity contribution >= 4 is 5.78 Å². The van der Waals surface area contributed by atoms with Gasteiger partial charge in [0.2, 0.25) is 0 Å². The van der Waals surface area contributed by atoms with Crippen LogP contribution in [0.15, 0.2) is 0 Å². The van der Waals surface area contributed by atoms with Gasteiger partial charge in [-0.05, 0) is 99.2 Å². The number of carbonyl (C=O) groups excluding carboxylic acids is 1. The third-order valence-corrected chi connectivity index (χ3v) is 9.43.